The molecule has 5 nitrogen and oxygen atoms in total. The molecule has 2 aromatic rings. The fourth-order valence-corrected chi connectivity index (χ4v) is 6.36. The number of carbonyl (C=O) groups is 1. The summed E-state index contributed by atoms with van der Waals surface area (Å²) in [5, 5.41) is 1.37. The quantitative estimate of drug-likeness (QED) is 0.861. The Labute approximate surface area is 173 Å². The van der Waals surface area contributed by atoms with Gasteiger partial charge in [-0.15, -0.1) is 0 Å². The topological polar surface area (TPSA) is 48.6 Å². The van der Waals surface area contributed by atoms with Gasteiger partial charge in [0.15, 0.2) is 0 Å². The minimum Gasteiger partial charge on any atom is -0.378 e. The number of benzene rings is 1. The molecule has 2 fully saturated rings. The number of rotatable bonds is 3. The van der Waals surface area contributed by atoms with Gasteiger partial charge in [-0.25, -0.2) is 0 Å². The SMILES string of the molecule is CC[C@@]1(C(C)C(=O)N2CCOCC2)CCCN2CCc3c([nH]c4ccccc34)[C@@H]21. The minimum absolute atomic E-state index is 0.00997. The van der Waals surface area contributed by atoms with Crippen LogP contribution in [-0.4, -0.2) is 60.1 Å². The number of hydrogen-bond donors (Lipinski definition) is 1. The molecule has 4 heterocycles. The Bertz CT molecular complexity index is 901. The van der Waals surface area contributed by atoms with E-state index in [4.69, 9.17) is 4.74 Å². The molecule has 1 aromatic heterocycles. The second-order valence-electron chi connectivity index (χ2n) is 9.10. The van der Waals surface area contributed by atoms with Crippen molar-refractivity contribution in [3.63, 3.8) is 0 Å². The van der Waals surface area contributed by atoms with Crippen LogP contribution in [0.4, 0.5) is 0 Å². The number of aromatic nitrogens is 1. The summed E-state index contributed by atoms with van der Waals surface area (Å²) in [6, 6.07) is 9.00. The molecule has 1 unspecified atom stereocenters. The highest BCUT2D eigenvalue weighted by Crippen LogP contribution is 2.55. The van der Waals surface area contributed by atoms with E-state index in [0.29, 0.717) is 25.2 Å². The predicted molar refractivity (Wildman–Crippen MR) is 115 cm³/mol. The Kier molecular flexibility index (Phi) is 4.91. The maximum Gasteiger partial charge on any atom is 0.226 e. The van der Waals surface area contributed by atoms with Gasteiger partial charge in [-0.3, -0.25) is 9.69 Å². The predicted octanol–water partition coefficient (Wildman–Crippen LogP) is 3.75. The van der Waals surface area contributed by atoms with Crippen molar-refractivity contribution in [1.29, 1.82) is 0 Å². The van der Waals surface area contributed by atoms with Gasteiger partial charge in [0.25, 0.3) is 0 Å². The number of H-pyrrole nitrogens is 1. The van der Waals surface area contributed by atoms with E-state index in [1.807, 2.05) is 4.90 Å². The van der Waals surface area contributed by atoms with Crippen molar-refractivity contribution in [2.75, 3.05) is 39.4 Å². The van der Waals surface area contributed by atoms with Crippen molar-refractivity contribution >= 4 is 16.8 Å². The first kappa shape index (κ1) is 19.1. The summed E-state index contributed by atoms with van der Waals surface area (Å²) in [7, 11) is 0. The lowest BCUT2D eigenvalue weighted by atomic mass is 9.61. The molecule has 0 bridgehead atoms. The Hall–Kier alpha value is -1.85. The van der Waals surface area contributed by atoms with E-state index in [9.17, 15) is 4.79 Å². The summed E-state index contributed by atoms with van der Waals surface area (Å²) in [4.78, 5) is 22.1. The van der Waals surface area contributed by atoms with Crippen LogP contribution in [0.15, 0.2) is 24.3 Å². The van der Waals surface area contributed by atoms with Crippen LogP contribution in [0, 0.1) is 11.3 Å². The fraction of sp³-hybridized carbons (Fsp3) is 0.625. The van der Waals surface area contributed by atoms with Gasteiger partial charge in [-0.1, -0.05) is 32.0 Å². The van der Waals surface area contributed by atoms with Crippen LogP contribution < -0.4 is 0 Å². The molecule has 1 amide bonds. The van der Waals surface area contributed by atoms with Gasteiger partial charge in [-0.05, 0) is 43.9 Å². The third-order valence-electron chi connectivity index (χ3n) is 7.98. The molecule has 0 aliphatic carbocycles. The first-order valence-corrected chi connectivity index (χ1v) is 11.4. The highest BCUT2D eigenvalue weighted by atomic mass is 16.5. The summed E-state index contributed by atoms with van der Waals surface area (Å²) in [5.41, 5.74) is 4.07. The zero-order chi connectivity index (χ0) is 20.0. The fourth-order valence-electron chi connectivity index (χ4n) is 6.36. The van der Waals surface area contributed by atoms with Gasteiger partial charge in [0.2, 0.25) is 5.91 Å². The van der Waals surface area contributed by atoms with E-state index in [-0.39, 0.29) is 11.3 Å². The summed E-state index contributed by atoms with van der Waals surface area (Å²) in [5.74, 6) is 0.330. The van der Waals surface area contributed by atoms with E-state index in [2.05, 4.69) is 48.0 Å². The average Bonchev–Trinajstić information content (AvgIpc) is 3.17. The number of hydrogen-bond acceptors (Lipinski definition) is 3. The van der Waals surface area contributed by atoms with Crippen molar-refractivity contribution in [1.82, 2.24) is 14.8 Å². The van der Waals surface area contributed by atoms with Gasteiger partial charge in [0, 0.05) is 47.6 Å². The van der Waals surface area contributed by atoms with Gasteiger partial charge in [0.1, 0.15) is 0 Å². The third-order valence-corrected chi connectivity index (χ3v) is 7.98. The number of para-hydroxylation sites is 1. The maximum atomic E-state index is 13.6. The number of aromatic amines is 1. The lowest BCUT2D eigenvalue weighted by molar-refractivity contribution is -0.149. The molecule has 1 N–H and O–H groups in total. The van der Waals surface area contributed by atoms with Gasteiger partial charge in [0.05, 0.1) is 19.3 Å². The molecule has 156 valence electrons. The molecule has 0 radical (unpaired) electrons. The van der Waals surface area contributed by atoms with Gasteiger partial charge in [-0.2, -0.15) is 0 Å². The van der Waals surface area contributed by atoms with Crippen molar-refractivity contribution in [2.45, 2.75) is 45.6 Å². The summed E-state index contributed by atoms with van der Waals surface area (Å²) in [6.07, 6.45) is 4.43. The standard InChI is InChI=1S/C24H33N3O2/c1-3-24(17(2)23(28)27-13-15-29-16-14-27)10-6-11-26-12-9-19-18-7-4-5-8-20(18)25-21(19)22(24)26/h4-5,7-8,17,22,25H,3,6,9-16H2,1-2H3/t17?,22-,24+/m1/s1. The van der Waals surface area contributed by atoms with E-state index in [0.717, 1.165) is 45.4 Å². The van der Waals surface area contributed by atoms with Crippen LogP contribution in [0.1, 0.15) is 50.4 Å². The highest BCUT2D eigenvalue weighted by Gasteiger charge is 2.52. The first-order valence-electron chi connectivity index (χ1n) is 11.4. The van der Waals surface area contributed by atoms with E-state index in [1.54, 1.807) is 0 Å². The third kappa shape index (κ3) is 2.93. The second-order valence-corrected chi connectivity index (χ2v) is 9.10. The molecular weight excluding hydrogens is 362 g/mol. The molecule has 5 heteroatoms. The average molecular weight is 396 g/mol. The number of morpholine rings is 1. The number of nitrogens with one attached hydrogen (secondary N) is 1. The Morgan fingerprint density at radius 2 is 2.03 bits per heavy atom. The normalized spacial score (nSPS) is 28.8. The molecule has 3 atom stereocenters. The summed E-state index contributed by atoms with van der Waals surface area (Å²) in [6.45, 7) is 9.52. The van der Waals surface area contributed by atoms with Crippen molar-refractivity contribution in [2.24, 2.45) is 11.3 Å². The van der Waals surface area contributed by atoms with E-state index < -0.39 is 0 Å². The zero-order valence-electron chi connectivity index (χ0n) is 17.7. The van der Waals surface area contributed by atoms with Crippen molar-refractivity contribution in [3.8, 4) is 0 Å². The highest BCUT2D eigenvalue weighted by molar-refractivity contribution is 5.85. The van der Waals surface area contributed by atoms with Crippen molar-refractivity contribution in [3.05, 3.63) is 35.5 Å². The lowest BCUT2D eigenvalue weighted by Gasteiger charge is -2.54. The Balaban J connectivity index is 1.57. The molecule has 3 aliphatic rings. The van der Waals surface area contributed by atoms with Crippen LogP contribution in [0.3, 0.4) is 0 Å². The van der Waals surface area contributed by atoms with Crippen LogP contribution in [0.25, 0.3) is 10.9 Å². The van der Waals surface area contributed by atoms with Crippen LogP contribution in [-0.2, 0) is 16.0 Å². The molecule has 0 saturated carbocycles. The van der Waals surface area contributed by atoms with Crippen LogP contribution >= 0.6 is 0 Å². The molecule has 29 heavy (non-hydrogen) atoms. The monoisotopic (exact) mass is 395 g/mol. The number of amides is 1. The first-order chi connectivity index (χ1) is 14.2. The number of piperidine rings is 1. The lowest BCUT2D eigenvalue weighted by Crippen LogP contribution is -2.55. The molecule has 1 aromatic carbocycles. The van der Waals surface area contributed by atoms with Crippen LogP contribution in [0.5, 0.6) is 0 Å². The Morgan fingerprint density at radius 3 is 2.83 bits per heavy atom. The molecule has 0 spiro atoms. The summed E-state index contributed by atoms with van der Waals surface area (Å²) < 4.78 is 5.49. The molecule has 5 rings (SSSR count). The zero-order valence-corrected chi connectivity index (χ0v) is 17.7. The number of nitrogens with zero attached hydrogens (tertiary/aromatic N) is 2. The van der Waals surface area contributed by atoms with Crippen molar-refractivity contribution < 1.29 is 9.53 Å². The maximum absolute atomic E-state index is 13.6. The second kappa shape index (κ2) is 7.44. The number of ether oxygens (including phenoxy) is 1. The Morgan fingerprint density at radius 1 is 1.24 bits per heavy atom. The molecule has 3 aliphatic heterocycles. The number of carbonyl (C=O) groups excluding carboxylic acids is 1. The van der Waals surface area contributed by atoms with E-state index in [1.165, 1.54) is 28.6 Å². The van der Waals surface area contributed by atoms with Gasteiger partial charge >= 0.3 is 0 Å². The summed E-state index contributed by atoms with van der Waals surface area (Å²) >= 11 is 0. The number of fused-ring (bicyclic) bond motifs is 5. The minimum atomic E-state index is -0.0241. The van der Waals surface area contributed by atoms with E-state index >= 15 is 0 Å². The van der Waals surface area contributed by atoms with Crippen LogP contribution in [0.2, 0.25) is 0 Å². The largest absolute Gasteiger partial charge is 0.378 e. The molecule has 2 saturated heterocycles. The van der Waals surface area contributed by atoms with Gasteiger partial charge < -0.3 is 14.6 Å². The molecular formula is C24H33N3O2. The smallest absolute Gasteiger partial charge is 0.226 e.